The van der Waals surface area contributed by atoms with Gasteiger partial charge in [0.2, 0.25) is 5.89 Å². The zero-order valence-electron chi connectivity index (χ0n) is 14.7. The molecule has 132 valence electrons. The summed E-state index contributed by atoms with van der Waals surface area (Å²) in [5, 5.41) is 4.14. The Labute approximate surface area is 150 Å². The van der Waals surface area contributed by atoms with Gasteiger partial charge >= 0.3 is 0 Å². The average molecular weight is 351 g/mol. The van der Waals surface area contributed by atoms with Gasteiger partial charge in [0.05, 0.1) is 13.0 Å². The van der Waals surface area contributed by atoms with Gasteiger partial charge in [-0.1, -0.05) is 43.3 Å². The van der Waals surface area contributed by atoms with Gasteiger partial charge < -0.3 is 10.3 Å². The Hall–Kier alpha value is -1.43. The lowest BCUT2D eigenvalue weighted by Crippen LogP contribution is -2.52. The van der Waals surface area contributed by atoms with Gasteiger partial charge in [-0.2, -0.15) is 4.98 Å². The van der Waals surface area contributed by atoms with Gasteiger partial charge in [0.15, 0.2) is 5.82 Å². The molecule has 1 unspecified atom stereocenters. The van der Waals surface area contributed by atoms with Gasteiger partial charge in [-0.05, 0) is 29.9 Å². The summed E-state index contributed by atoms with van der Waals surface area (Å²) >= 11 is 0. The highest BCUT2D eigenvalue weighted by Crippen LogP contribution is 2.28. The molecule has 6 heteroatoms. The summed E-state index contributed by atoms with van der Waals surface area (Å²) in [4.78, 5) is 6.92. The third kappa shape index (κ3) is 4.35. The number of piperidine rings is 1. The summed E-state index contributed by atoms with van der Waals surface area (Å²) in [6.45, 7) is 9.24. The van der Waals surface area contributed by atoms with Crippen molar-refractivity contribution in [2.45, 2.75) is 46.2 Å². The van der Waals surface area contributed by atoms with Crippen LogP contribution in [0.25, 0.3) is 0 Å². The van der Waals surface area contributed by atoms with Gasteiger partial charge in [0.1, 0.15) is 0 Å². The molecule has 1 aromatic carbocycles. The first-order valence-corrected chi connectivity index (χ1v) is 8.28. The number of aromatic nitrogens is 2. The molecule has 5 nitrogen and oxygen atoms in total. The van der Waals surface area contributed by atoms with E-state index in [2.05, 4.69) is 47.9 Å². The van der Waals surface area contributed by atoms with Crippen molar-refractivity contribution >= 4 is 12.4 Å². The Bertz CT molecular complexity index is 671. The van der Waals surface area contributed by atoms with Gasteiger partial charge in [-0.3, -0.25) is 4.90 Å². The van der Waals surface area contributed by atoms with Crippen LogP contribution in [0.2, 0.25) is 0 Å². The lowest BCUT2D eigenvalue weighted by molar-refractivity contribution is 0.0872. The topological polar surface area (TPSA) is 68.2 Å². The first-order valence-electron chi connectivity index (χ1n) is 8.28. The van der Waals surface area contributed by atoms with Crippen molar-refractivity contribution in [3.63, 3.8) is 0 Å². The molecule has 0 aliphatic carbocycles. The van der Waals surface area contributed by atoms with Gasteiger partial charge in [0.25, 0.3) is 0 Å². The average Bonchev–Trinajstić information content (AvgIpc) is 2.92. The van der Waals surface area contributed by atoms with Crippen LogP contribution in [0.15, 0.2) is 28.8 Å². The number of benzene rings is 1. The largest absolute Gasteiger partial charge is 0.339 e. The third-order valence-corrected chi connectivity index (χ3v) is 4.87. The molecule has 0 bridgehead atoms. The number of nitrogens with zero attached hydrogens (tertiary/aromatic N) is 3. The molecule has 1 aliphatic heterocycles. The lowest BCUT2D eigenvalue weighted by atomic mass is 9.80. The summed E-state index contributed by atoms with van der Waals surface area (Å²) in [6, 6.07) is 8.56. The minimum Gasteiger partial charge on any atom is -0.339 e. The van der Waals surface area contributed by atoms with E-state index in [1.54, 1.807) is 0 Å². The van der Waals surface area contributed by atoms with Crippen LogP contribution < -0.4 is 5.73 Å². The molecule has 3 rings (SSSR count). The molecule has 0 saturated carbocycles. The van der Waals surface area contributed by atoms with Crippen LogP contribution in [-0.4, -0.2) is 34.2 Å². The normalized spacial score (nSPS) is 20.6. The molecule has 0 radical (unpaired) electrons. The van der Waals surface area contributed by atoms with Crippen LogP contribution in [-0.2, 0) is 13.0 Å². The standard InChI is InChI=1S/C18H26N4O.ClH/c1-13-6-4-5-7-14(13)10-17-20-16(21-23-17)11-22-9-8-15(19)18(2,3)12-22;/h4-7,15H,8-12,19H2,1-3H3;1H. The van der Waals surface area contributed by atoms with Crippen molar-refractivity contribution in [1.82, 2.24) is 15.0 Å². The van der Waals surface area contributed by atoms with E-state index in [9.17, 15) is 0 Å². The summed E-state index contributed by atoms with van der Waals surface area (Å²) in [7, 11) is 0. The SMILES string of the molecule is Cc1ccccc1Cc1nc(CN2CCC(N)C(C)(C)C2)no1.Cl. The van der Waals surface area contributed by atoms with E-state index < -0.39 is 0 Å². The third-order valence-electron chi connectivity index (χ3n) is 4.87. The van der Waals surface area contributed by atoms with E-state index in [1.807, 2.05) is 12.1 Å². The van der Waals surface area contributed by atoms with Crippen molar-refractivity contribution in [2.75, 3.05) is 13.1 Å². The Balaban J connectivity index is 0.00000208. The summed E-state index contributed by atoms with van der Waals surface area (Å²) in [6.07, 6.45) is 1.71. The van der Waals surface area contributed by atoms with Crippen LogP contribution >= 0.6 is 12.4 Å². The molecule has 1 fully saturated rings. The predicted molar refractivity (Wildman–Crippen MR) is 97.2 cm³/mol. The second-order valence-electron chi connectivity index (χ2n) is 7.30. The highest BCUT2D eigenvalue weighted by Gasteiger charge is 2.33. The fraction of sp³-hybridized carbons (Fsp3) is 0.556. The molecular weight excluding hydrogens is 324 g/mol. The second-order valence-corrected chi connectivity index (χ2v) is 7.30. The number of halogens is 1. The molecular formula is C18H27ClN4O. The van der Waals surface area contributed by atoms with Crippen molar-refractivity contribution < 1.29 is 4.52 Å². The zero-order valence-corrected chi connectivity index (χ0v) is 15.5. The van der Waals surface area contributed by atoms with Gasteiger partial charge in [-0.15, -0.1) is 12.4 Å². The lowest BCUT2D eigenvalue weighted by Gasteiger charge is -2.42. The van der Waals surface area contributed by atoms with Crippen LogP contribution in [0.4, 0.5) is 0 Å². The number of aryl methyl sites for hydroxylation is 1. The number of nitrogens with two attached hydrogens (primary N) is 1. The second kappa shape index (κ2) is 7.64. The monoisotopic (exact) mass is 350 g/mol. The summed E-state index contributed by atoms with van der Waals surface area (Å²) in [5.74, 6) is 1.45. The maximum absolute atomic E-state index is 6.20. The Morgan fingerprint density at radius 3 is 2.79 bits per heavy atom. The van der Waals surface area contributed by atoms with Crippen molar-refractivity contribution in [3.8, 4) is 0 Å². The maximum atomic E-state index is 6.20. The minimum absolute atomic E-state index is 0. The minimum atomic E-state index is 0. The summed E-state index contributed by atoms with van der Waals surface area (Å²) in [5.41, 5.74) is 8.81. The Morgan fingerprint density at radius 1 is 1.33 bits per heavy atom. The summed E-state index contributed by atoms with van der Waals surface area (Å²) < 4.78 is 5.43. The van der Waals surface area contributed by atoms with E-state index in [0.717, 1.165) is 31.9 Å². The van der Waals surface area contributed by atoms with E-state index in [1.165, 1.54) is 11.1 Å². The molecule has 24 heavy (non-hydrogen) atoms. The molecule has 2 aromatic rings. The predicted octanol–water partition coefficient (Wildman–Crippen LogP) is 2.95. The number of hydrogen-bond donors (Lipinski definition) is 1. The molecule has 1 saturated heterocycles. The van der Waals surface area contributed by atoms with Crippen LogP contribution in [0.5, 0.6) is 0 Å². The molecule has 2 heterocycles. The Morgan fingerprint density at radius 2 is 2.08 bits per heavy atom. The Kier molecular flexibility index (Phi) is 6.01. The van der Waals surface area contributed by atoms with Gasteiger partial charge in [-0.25, -0.2) is 0 Å². The fourth-order valence-corrected chi connectivity index (χ4v) is 3.22. The first kappa shape index (κ1) is 18.9. The number of hydrogen-bond acceptors (Lipinski definition) is 5. The van der Waals surface area contributed by atoms with Crippen LogP contribution in [0.3, 0.4) is 0 Å². The van der Waals surface area contributed by atoms with Crippen molar-refractivity contribution in [3.05, 3.63) is 47.1 Å². The highest BCUT2D eigenvalue weighted by molar-refractivity contribution is 5.85. The molecule has 2 N–H and O–H groups in total. The number of likely N-dealkylation sites (tertiary alicyclic amines) is 1. The van der Waals surface area contributed by atoms with E-state index in [4.69, 9.17) is 10.3 Å². The molecule has 1 aromatic heterocycles. The molecule has 0 amide bonds. The highest BCUT2D eigenvalue weighted by atomic mass is 35.5. The molecule has 1 atom stereocenters. The fourth-order valence-electron chi connectivity index (χ4n) is 3.22. The van der Waals surface area contributed by atoms with Crippen molar-refractivity contribution in [2.24, 2.45) is 11.1 Å². The number of rotatable bonds is 4. The van der Waals surface area contributed by atoms with E-state index in [-0.39, 0.29) is 23.9 Å². The van der Waals surface area contributed by atoms with Gasteiger partial charge in [0, 0.05) is 19.1 Å². The molecule has 0 spiro atoms. The van der Waals surface area contributed by atoms with Crippen molar-refractivity contribution in [1.29, 1.82) is 0 Å². The maximum Gasteiger partial charge on any atom is 0.231 e. The van der Waals surface area contributed by atoms with E-state index >= 15 is 0 Å². The quantitative estimate of drug-likeness (QED) is 0.918. The smallest absolute Gasteiger partial charge is 0.231 e. The first-order chi connectivity index (χ1) is 10.9. The molecule has 1 aliphatic rings. The van der Waals surface area contributed by atoms with Crippen LogP contribution in [0, 0.1) is 12.3 Å². The van der Waals surface area contributed by atoms with E-state index in [0.29, 0.717) is 12.3 Å². The van der Waals surface area contributed by atoms with Crippen LogP contribution in [0.1, 0.15) is 43.1 Å². The zero-order chi connectivity index (χ0) is 16.4.